The van der Waals surface area contributed by atoms with Crippen LogP contribution in [0.3, 0.4) is 0 Å². The molecule has 0 radical (unpaired) electrons. The van der Waals surface area contributed by atoms with E-state index in [0.29, 0.717) is 5.15 Å². The number of fused-ring (bicyclic) bond motifs is 1. The summed E-state index contributed by atoms with van der Waals surface area (Å²) in [6, 6.07) is 0. The number of H-pyrrole nitrogens is 1. The Labute approximate surface area is 87.5 Å². The minimum absolute atomic E-state index is 0.0440. The SMILES string of the molecule is CC(C)(C)c1cnc(Cl)c2cn[nH]c12. The lowest BCUT2D eigenvalue weighted by molar-refractivity contribution is 0.592. The maximum atomic E-state index is 5.95. The van der Waals surface area contributed by atoms with E-state index in [9.17, 15) is 0 Å². The molecule has 74 valence electrons. The van der Waals surface area contributed by atoms with Crippen molar-refractivity contribution in [2.24, 2.45) is 0 Å². The standard InChI is InChI=1S/C10H12ClN3/c1-10(2,3)7-5-12-9(11)6-4-13-14-8(6)7/h4-5H,1-3H3,(H,13,14). The summed E-state index contributed by atoms with van der Waals surface area (Å²) >= 11 is 5.95. The number of pyridine rings is 1. The topological polar surface area (TPSA) is 41.6 Å². The van der Waals surface area contributed by atoms with Crippen molar-refractivity contribution in [3.05, 3.63) is 23.1 Å². The number of aromatic nitrogens is 3. The van der Waals surface area contributed by atoms with Gasteiger partial charge in [0, 0.05) is 11.8 Å². The van der Waals surface area contributed by atoms with Gasteiger partial charge >= 0.3 is 0 Å². The molecule has 2 aromatic heterocycles. The van der Waals surface area contributed by atoms with Crippen LogP contribution in [0.2, 0.25) is 5.15 Å². The zero-order valence-corrected chi connectivity index (χ0v) is 9.18. The molecule has 3 nitrogen and oxygen atoms in total. The van der Waals surface area contributed by atoms with E-state index >= 15 is 0 Å². The molecule has 0 aliphatic carbocycles. The zero-order valence-electron chi connectivity index (χ0n) is 8.43. The molecule has 0 bridgehead atoms. The molecule has 0 fully saturated rings. The minimum Gasteiger partial charge on any atom is -0.277 e. The van der Waals surface area contributed by atoms with E-state index < -0.39 is 0 Å². The first kappa shape index (κ1) is 9.46. The summed E-state index contributed by atoms with van der Waals surface area (Å²) in [7, 11) is 0. The van der Waals surface area contributed by atoms with Gasteiger partial charge in [-0.3, -0.25) is 5.10 Å². The molecule has 2 rings (SSSR count). The third-order valence-electron chi connectivity index (χ3n) is 2.25. The first-order valence-electron chi connectivity index (χ1n) is 4.48. The van der Waals surface area contributed by atoms with E-state index in [-0.39, 0.29) is 5.41 Å². The van der Waals surface area contributed by atoms with Gasteiger partial charge in [0.2, 0.25) is 0 Å². The molecule has 14 heavy (non-hydrogen) atoms. The van der Waals surface area contributed by atoms with E-state index in [1.807, 2.05) is 6.20 Å². The van der Waals surface area contributed by atoms with Gasteiger partial charge < -0.3 is 0 Å². The number of rotatable bonds is 0. The van der Waals surface area contributed by atoms with Crippen LogP contribution in [-0.2, 0) is 5.41 Å². The quantitative estimate of drug-likeness (QED) is 0.678. The van der Waals surface area contributed by atoms with Gasteiger partial charge in [0.1, 0.15) is 5.15 Å². The molecular weight excluding hydrogens is 198 g/mol. The normalized spacial score (nSPS) is 12.3. The molecular formula is C10H12ClN3. The lowest BCUT2D eigenvalue weighted by Crippen LogP contribution is -2.12. The predicted molar refractivity (Wildman–Crippen MR) is 57.6 cm³/mol. The Morgan fingerprint density at radius 3 is 2.64 bits per heavy atom. The molecule has 0 aromatic carbocycles. The van der Waals surface area contributed by atoms with Gasteiger partial charge in [-0.1, -0.05) is 32.4 Å². The molecule has 0 aliphatic heterocycles. The second-order valence-electron chi connectivity index (χ2n) is 4.37. The lowest BCUT2D eigenvalue weighted by Gasteiger charge is -2.19. The van der Waals surface area contributed by atoms with Crippen molar-refractivity contribution in [2.75, 3.05) is 0 Å². The monoisotopic (exact) mass is 209 g/mol. The summed E-state index contributed by atoms with van der Waals surface area (Å²) in [4.78, 5) is 4.15. The van der Waals surface area contributed by atoms with Gasteiger partial charge in [-0.2, -0.15) is 5.10 Å². The van der Waals surface area contributed by atoms with Crippen LogP contribution < -0.4 is 0 Å². The van der Waals surface area contributed by atoms with Crippen molar-refractivity contribution < 1.29 is 0 Å². The summed E-state index contributed by atoms with van der Waals surface area (Å²) < 4.78 is 0. The summed E-state index contributed by atoms with van der Waals surface area (Å²) in [5, 5.41) is 8.34. The number of hydrogen-bond acceptors (Lipinski definition) is 2. The van der Waals surface area contributed by atoms with Crippen molar-refractivity contribution in [1.29, 1.82) is 0 Å². The van der Waals surface area contributed by atoms with Gasteiger partial charge in [-0.05, 0) is 5.41 Å². The molecule has 2 heterocycles. The van der Waals surface area contributed by atoms with E-state index in [4.69, 9.17) is 11.6 Å². The van der Waals surface area contributed by atoms with Crippen LogP contribution in [0.25, 0.3) is 10.9 Å². The summed E-state index contributed by atoms with van der Waals surface area (Å²) in [6.07, 6.45) is 3.52. The Morgan fingerprint density at radius 2 is 2.00 bits per heavy atom. The van der Waals surface area contributed by atoms with E-state index in [2.05, 4.69) is 36.0 Å². The van der Waals surface area contributed by atoms with Gasteiger partial charge in [-0.15, -0.1) is 0 Å². The first-order chi connectivity index (χ1) is 6.50. The Hall–Kier alpha value is -1.09. The Bertz CT molecular complexity index is 468. The molecule has 1 N–H and O–H groups in total. The molecule has 4 heteroatoms. The zero-order chi connectivity index (χ0) is 10.3. The van der Waals surface area contributed by atoms with Crippen LogP contribution >= 0.6 is 11.6 Å². The lowest BCUT2D eigenvalue weighted by atomic mass is 9.87. The Kier molecular flexibility index (Phi) is 2.00. The van der Waals surface area contributed by atoms with Crippen molar-refractivity contribution in [1.82, 2.24) is 15.2 Å². The number of hydrogen-bond donors (Lipinski definition) is 1. The average molecular weight is 210 g/mol. The molecule has 0 atom stereocenters. The molecule has 0 aliphatic rings. The minimum atomic E-state index is 0.0440. The number of nitrogens with one attached hydrogen (secondary N) is 1. The van der Waals surface area contributed by atoms with Crippen molar-refractivity contribution in [3.8, 4) is 0 Å². The maximum Gasteiger partial charge on any atom is 0.140 e. The number of aromatic amines is 1. The predicted octanol–water partition coefficient (Wildman–Crippen LogP) is 2.91. The highest BCUT2D eigenvalue weighted by Crippen LogP contribution is 2.30. The smallest absolute Gasteiger partial charge is 0.140 e. The van der Waals surface area contributed by atoms with E-state index in [1.54, 1.807) is 6.20 Å². The second kappa shape index (κ2) is 2.95. The molecule has 2 aromatic rings. The third-order valence-corrected chi connectivity index (χ3v) is 2.55. The van der Waals surface area contributed by atoms with Crippen LogP contribution in [0.15, 0.2) is 12.4 Å². The third kappa shape index (κ3) is 1.38. The largest absolute Gasteiger partial charge is 0.277 e. The van der Waals surface area contributed by atoms with Crippen LogP contribution in [0, 0.1) is 0 Å². The summed E-state index contributed by atoms with van der Waals surface area (Å²) in [6.45, 7) is 6.41. The van der Waals surface area contributed by atoms with Crippen molar-refractivity contribution in [2.45, 2.75) is 26.2 Å². The summed E-state index contributed by atoms with van der Waals surface area (Å²) in [5.74, 6) is 0. The van der Waals surface area contributed by atoms with Crippen molar-refractivity contribution >= 4 is 22.5 Å². The van der Waals surface area contributed by atoms with Crippen LogP contribution in [0.5, 0.6) is 0 Å². The Balaban J connectivity index is 2.80. The highest BCUT2D eigenvalue weighted by atomic mass is 35.5. The van der Waals surface area contributed by atoms with E-state index in [0.717, 1.165) is 16.5 Å². The second-order valence-corrected chi connectivity index (χ2v) is 4.73. The highest BCUT2D eigenvalue weighted by molar-refractivity contribution is 6.34. The molecule has 0 saturated heterocycles. The molecule has 0 saturated carbocycles. The molecule has 0 spiro atoms. The van der Waals surface area contributed by atoms with Crippen LogP contribution in [0.1, 0.15) is 26.3 Å². The Morgan fingerprint density at radius 1 is 1.29 bits per heavy atom. The van der Waals surface area contributed by atoms with Crippen LogP contribution in [-0.4, -0.2) is 15.2 Å². The molecule has 0 amide bonds. The van der Waals surface area contributed by atoms with Gasteiger partial charge in [-0.25, -0.2) is 4.98 Å². The van der Waals surface area contributed by atoms with Gasteiger partial charge in [0.25, 0.3) is 0 Å². The van der Waals surface area contributed by atoms with Crippen LogP contribution in [0.4, 0.5) is 0 Å². The van der Waals surface area contributed by atoms with Crippen molar-refractivity contribution in [3.63, 3.8) is 0 Å². The number of halogens is 1. The maximum absolute atomic E-state index is 5.95. The number of nitrogens with zero attached hydrogens (tertiary/aromatic N) is 2. The van der Waals surface area contributed by atoms with E-state index in [1.165, 1.54) is 0 Å². The summed E-state index contributed by atoms with van der Waals surface area (Å²) in [5.41, 5.74) is 2.16. The highest BCUT2D eigenvalue weighted by Gasteiger charge is 2.19. The average Bonchev–Trinajstić information content (AvgIpc) is 2.50. The van der Waals surface area contributed by atoms with Gasteiger partial charge in [0.15, 0.2) is 0 Å². The first-order valence-corrected chi connectivity index (χ1v) is 4.86. The fourth-order valence-corrected chi connectivity index (χ4v) is 1.66. The fraction of sp³-hybridized carbons (Fsp3) is 0.400. The fourth-order valence-electron chi connectivity index (χ4n) is 1.47. The van der Waals surface area contributed by atoms with Gasteiger partial charge in [0.05, 0.1) is 17.1 Å². The molecule has 0 unspecified atom stereocenters.